The van der Waals surface area contributed by atoms with Crippen molar-refractivity contribution in [2.24, 2.45) is 5.92 Å². The summed E-state index contributed by atoms with van der Waals surface area (Å²) in [6.07, 6.45) is 1.82. The van der Waals surface area contributed by atoms with Crippen molar-refractivity contribution < 1.29 is 19.0 Å². The number of ether oxygens (including phenoxy) is 3. The molecule has 1 amide bonds. The van der Waals surface area contributed by atoms with Gasteiger partial charge in [0, 0.05) is 7.05 Å². The van der Waals surface area contributed by atoms with Gasteiger partial charge in [-0.3, -0.25) is 9.69 Å². The molecule has 0 radical (unpaired) electrons. The zero-order valence-corrected chi connectivity index (χ0v) is 20.1. The predicted octanol–water partition coefficient (Wildman–Crippen LogP) is 5.12. The van der Waals surface area contributed by atoms with Gasteiger partial charge >= 0.3 is 0 Å². The van der Waals surface area contributed by atoms with Gasteiger partial charge in [0.2, 0.25) is 0 Å². The van der Waals surface area contributed by atoms with E-state index in [1.807, 2.05) is 62.4 Å². The van der Waals surface area contributed by atoms with Crippen molar-refractivity contribution in [1.82, 2.24) is 4.90 Å². The van der Waals surface area contributed by atoms with Crippen LogP contribution in [0.3, 0.4) is 0 Å². The molecule has 0 saturated carbocycles. The van der Waals surface area contributed by atoms with Crippen molar-refractivity contribution in [3.63, 3.8) is 0 Å². The summed E-state index contributed by atoms with van der Waals surface area (Å²) in [6, 6.07) is 13.0. The summed E-state index contributed by atoms with van der Waals surface area (Å²) in [7, 11) is 1.80. The molecule has 6 nitrogen and oxygen atoms in total. The standard InChI is InChI=1S/C25H30N2O4S/c1-6-29-20-11-9-19(10-12-20)27-24(28)21(26(5)25(27)32)14-18-8-13-22(31-16-17(3)4)23(15-18)30-7-2/h8-15,17H,6-7,16H2,1-5H3/b21-14-. The van der Waals surface area contributed by atoms with E-state index in [1.165, 1.54) is 4.90 Å². The minimum atomic E-state index is -0.181. The van der Waals surface area contributed by atoms with Crippen LogP contribution in [0.1, 0.15) is 33.3 Å². The average molecular weight is 455 g/mol. The van der Waals surface area contributed by atoms with Gasteiger partial charge in [-0.2, -0.15) is 0 Å². The van der Waals surface area contributed by atoms with Crippen LogP contribution in [0.15, 0.2) is 48.2 Å². The average Bonchev–Trinajstić information content (AvgIpc) is 2.97. The quantitative estimate of drug-likeness (QED) is 0.387. The van der Waals surface area contributed by atoms with Gasteiger partial charge in [0.25, 0.3) is 5.91 Å². The van der Waals surface area contributed by atoms with Gasteiger partial charge < -0.3 is 19.1 Å². The lowest BCUT2D eigenvalue weighted by atomic mass is 10.1. The van der Waals surface area contributed by atoms with Crippen molar-refractivity contribution in [3.8, 4) is 17.2 Å². The molecule has 32 heavy (non-hydrogen) atoms. The molecule has 1 aliphatic rings. The highest BCUT2D eigenvalue weighted by molar-refractivity contribution is 7.80. The van der Waals surface area contributed by atoms with Crippen LogP contribution in [-0.4, -0.2) is 42.8 Å². The highest BCUT2D eigenvalue weighted by Crippen LogP contribution is 2.32. The van der Waals surface area contributed by atoms with Gasteiger partial charge in [-0.05, 0) is 80.0 Å². The maximum Gasteiger partial charge on any atom is 0.281 e. The number of hydrogen-bond donors (Lipinski definition) is 0. The Balaban J connectivity index is 1.88. The molecule has 0 aromatic heterocycles. The maximum absolute atomic E-state index is 13.2. The summed E-state index contributed by atoms with van der Waals surface area (Å²) in [5.41, 5.74) is 2.02. The van der Waals surface area contributed by atoms with Crippen molar-refractivity contribution in [3.05, 3.63) is 53.7 Å². The molecule has 0 aliphatic carbocycles. The smallest absolute Gasteiger partial charge is 0.281 e. The molecule has 0 unspecified atom stereocenters. The number of carbonyl (C=O) groups excluding carboxylic acids is 1. The van der Waals surface area contributed by atoms with Crippen LogP contribution in [0.4, 0.5) is 5.69 Å². The molecule has 7 heteroatoms. The van der Waals surface area contributed by atoms with E-state index in [4.69, 9.17) is 26.4 Å². The maximum atomic E-state index is 13.2. The van der Waals surface area contributed by atoms with E-state index in [2.05, 4.69) is 13.8 Å². The minimum Gasteiger partial charge on any atom is -0.494 e. The van der Waals surface area contributed by atoms with E-state index < -0.39 is 0 Å². The fourth-order valence-corrected chi connectivity index (χ4v) is 3.55. The molecule has 1 heterocycles. The molecule has 170 valence electrons. The first-order chi connectivity index (χ1) is 15.3. The Labute approximate surface area is 195 Å². The molecule has 2 aromatic carbocycles. The van der Waals surface area contributed by atoms with Gasteiger partial charge in [-0.25, -0.2) is 0 Å². The number of anilines is 1. The van der Waals surface area contributed by atoms with Crippen LogP contribution in [-0.2, 0) is 4.79 Å². The molecule has 3 rings (SSSR count). The van der Waals surface area contributed by atoms with Crippen LogP contribution in [0.2, 0.25) is 0 Å². The Morgan fingerprint density at radius 2 is 1.66 bits per heavy atom. The number of amides is 1. The lowest BCUT2D eigenvalue weighted by molar-refractivity contribution is -0.114. The van der Waals surface area contributed by atoms with Gasteiger partial charge in [-0.1, -0.05) is 19.9 Å². The van der Waals surface area contributed by atoms with Crippen LogP contribution in [0.25, 0.3) is 6.08 Å². The monoisotopic (exact) mass is 454 g/mol. The summed E-state index contributed by atoms with van der Waals surface area (Å²) < 4.78 is 17.1. The lowest BCUT2D eigenvalue weighted by Crippen LogP contribution is -2.31. The molecule has 2 aromatic rings. The molecule has 0 atom stereocenters. The molecule has 0 bridgehead atoms. The minimum absolute atomic E-state index is 0.181. The number of benzene rings is 2. The summed E-state index contributed by atoms with van der Waals surface area (Å²) in [6.45, 7) is 9.76. The number of carbonyl (C=O) groups is 1. The van der Waals surface area contributed by atoms with Crippen LogP contribution in [0, 0.1) is 5.92 Å². The summed E-state index contributed by atoms with van der Waals surface area (Å²) >= 11 is 5.56. The van der Waals surface area contributed by atoms with E-state index in [1.54, 1.807) is 11.9 Å². The second-order valence-corrected chi connectivity index (χ2v) is 8.15. The molecule has 1 saturated heterocycles. The molecular weight excluding hydrogens is 424 g/mol. The summed E-state index contributed by atoms with van der Waals surface area (Å²) in [5.74, 6) is 2.33. The highest BCUT2D eigenvalue weighted by Gasteiger charge is 2.36. The van der Waals surface area contributed by atoms with E-state index in [0.29, 0.717) is 53.7 Å². The Morgan fingerprint density at radius 3 is 2.28 bits per heavy atom. The van der Waals surface area contributed by atoms with Crippen molar-refractivity contribution in [2.45, 2.75) is 27.7 Å². The SMILES string of the molecule is CCOc1ccc(N2C(=O)/C(=C/c3ccc(OCC(C)C)c(OCC)c3)N(C)C2=S)cc1. The molecule has 0 N–H and O–H groups in total. The number of likely N-dealkylation sites (N-methyl/N-ethyl adjacent to an activating group) is 1. The van der Waals surface area contributed by atoms with Crippen LogP contribution in [0.5, 0.6) is 17.2 Å². The van der Waals surface area contributed by atoms with E-state index in [9.17, 15) is 4.79 Å². The van der Waals surface area contributed by atoms with E-state index >= 15 is 0 Å². The van der Waals surface area contributed by atoms with Crippen molar-refractivity contribution in [1.29, 1.82) is 0 Å². The predicted molar refractivity (Wildman–Crippen MR) is 131 cm³/mol. The van der Waals surface area contributed by atoms with Gasteiger partial charge in [-0.15, -0.1) is 0 Å². The van der Waals surface area contributed by atoms with Crippen LogP contribution < -0.4 is 19.1 Å². The Kier molecular flexibility index (Phi) is 7.75. The lowest BCUT2D eigenvalue weighted by Gasteiger charge is -2.16. The van der Waals surface area contributed by atoms with Crippen molar-refractivity contribution in [2.75, 3.05) is 31.8 Å². The number of nitrogens with zero attached hydrogens (tertiary/aromatic N) is 2. The first-order valence-electron chi connectivity index (χ1n) is 10.8. The fraction of sp³-hybridized carbons (Fsp3) is 0.360. The zero-order chi connectivity index (χ0) is 23.3. The Bertz CT molecular complexity index is 1000. The number of rotatable bonds is 9. The van der Waals surface area contributed by atoms with Gasteiger partial charge in [0.15, 0.2) is 16.6 Å². The molecular formula is C25H30N2O4S. The van der Waals surface area contributed by atoms with Gasteiger partial charge in [0.05, 0.1) is 25.5 Å². The second-order valence-electron chi connectivity index (χ2n) is 7.78. The molecule has 1 aliphatic heterocycles. The Hall–Kier alpha value is -3.06. The number of hydrogen-bond acceptors (Lipinski definition) is 5. The zero-order valence-electron chi connectivity index (χ0n) is 19.3. The fourth-order valence-electron chi connectivity index (χ4n) is 3.26. The second kappa shape index (κ2) is 10.5. The van der Waals surface area contributed by atoms with E-state index in [-0.39, 0.29) is 5.91 Å². The molecule has 1 fully saturated rings. The number of thiocarbonyl (C=S) groups is 1. The topological polar surface area (TPSA) is 51.2 Å². The summed E-state index contributed by atoms with van der Waals surface area (Å²) in [4.78, 5) is 16.5. The third-order valence-electron chi connectivity index (χ3n) is 4.81. The molecule has 0 spiro atoms. The van der Waals surface area contributed by atoms with Crippen molar-refractivity contribution >= 4 is 35.0 Å². The first kappa shape index (κ1) is 23.6. The van der Waals surface area contributed by atoms with Crippen LogP contribution >= 0.6 is 12.2 Å². The highest BCUT2D eigenvalue weighted by atomic mass is 32.1. The first-order valence-corrected chi connectivity index (χ1v) is 11.2. The normalized spacial score (nSPS) is 15.1. The Morgan fingerprint density at radius 1 is 0.969 bits per heavy atom. The van der Waals surface area contributed by atoms with Gasteiger partial charge in [0.1, 0.15) is 11.4 Å². The van der Waals surface area contributed by atoms with E-state index in [0.717, 1.165) is 11.3 Å². The summed E-state index contributed by atoms with van der Waals surface area (Å²) in [5, 5.41) is 0.423. The largest absolute Gasteiger partial charge is 0.494 e. The third kappa shape index (κ3) is 5.22. The third-order valence-corrected chi connectivity index (χ3v) is 5.27.